The van der Waals surface area contributed by atoms with Crippen molar-refractivity contribution in [1.29, 1.82) is 0 Å². The molecule has 0 amide bonds. The molecule has 1 saturated heterocycles. The molecule has 1 atom stereocenters. The van der Waals surface area contributed by atoms with Crippen molar-refractivity contribution in [2.24, 2.45) is 0 Å². The van der Waals surface area contributed by atoms with Gasteiger partial charge in [-0.15, -0.1) is 0 Å². The molecule has 2 rings (SSSR count). The average molecular weight is 304 g/mol. The van der Waals surface area contributed by atoms with Crippen molar-refractivity contribution < 1.29 is 8.42 Å². The lowest BCUT2D eigenvalue weighted by atomic mass is 10.1. The van der Waals surface area contributed by atoms with Crippen molar-refractivity contribution in [3.05, 3.63) is 0 Å². The maximum Gasteiger partial charge on any atom is 0.279 e. The molecule has 0 bridgehead atoms. The lowest BCUT2D eigenvalue weighted by molar-refractivity contribution is 0.245. The van der Waals surface area contributed by atoms with Gasteiger partial charge in [-0.2, -0.15) is 12.7 Å². The minimum Gasteiger partial charge on any atom is -0.318 e. The number of hydrogen-bond donors (Lipinski definition) is 2. The van der Waals surface area contributed by atoms with E-state index in [0.29, 0.717) is 19.1 Å². The first-order valence-electron chi connectivity index (χ1n) is 7.66. The maximum atomic E-state index is 12.4. The third-order valence-electron chi connectivity index (χ3n) is 4.24. The van der Waals surface area contributed by atoms with Crippen LogP contribution in [0.15, 0.2) is 0 Å². The summed E-state index contributed by atoms with van der Waals surface area (Å²) in [5.74, 6) is 0. The van der Waals surface area contributed by atoms with Crippen molar-refractivity contribution >= 4 is 10.2 Å². The summed E-state index contributed by atoms with van der Waals surface area (Å²) < 4.78 is 29.2. The van der Waals surface area contributed by atoms with Crippen molar-refractivity contribution in [2.75, 3.05) is 40.3 Å². The Balaban J connectivity index is 1.83. The first-order valence-corrected chi connectivity index (χ1v) is 9.10. The highest BCUT2D eigenvalue weighted by Crippen LogP contribution is 2.24. The highest BCUT2D eigenvalue weighted by molar-refractivity contribution is 7.87. The molecule has 1 aliphatic carbocycles. The van der Waals surface area contributed by atoms with Crippen LogP contribution in [0, 0.1) is 0 Å². The lowest BCUT2D eigenvalue weighted by Crippen LogP contribution is -2.52. The average Bonchev–Trinajstić information content (AvgIpc) is 3.23. The zero-order chi connectivity index (χ0) is 14.6. The summed E-state index contributed by atoms with van der Waals surface area (Å²) in [4.78, 5) is 2.24. The Kier molecular flexibility index (Phi) is 5.80. The van der Waals surface area contributed by atoms with Gasteiger partial charge >= 0.3 is 0 Å². The first-order chi connectivity index (χ1) is 9.54. The molecule has 0 radical (unpaired) electrons. The number of rotatable bonds is 8. The van der Waals surface area contributed by atoms with Crippen molar-refractivity contribution in [3.63, 3.8) is 0 Å². The maximum absolute atomic E-state index is 12.4. The Morgan fingerprint density at radius 2 is 2.00 bits per heavy atom. The van der Waals surface area contributed by atoms with E-state index in [1.54, 1.807) is 4.31 Å². The molecule has 2 aliphatic rings. The van der Waals surface area contributed by atoms with E-state index in [0.717, 1.165) is 32.4 Å². The van der Waals surface area contributed by atoms with E-state index in [-0.39, 0.29) is 6.04 Å². The molecular weight excluding hydrogens is 276 g/mol. The predicted octanol–water partition coefficient (Wildman–Crippen LogP) is -0.0111. The van der Waals surface area contributed by atoms with Gasteiger partial charge in [0.15, 0.2) is 0 Å². The molecule has 0 aromatic heterocycles. The van der Waals surface area contributed by atoms with Gasteiger partial charge < -0.3 is 10.2 Å². The SMILES string of the molecule is CNCC1CCCCN1S(=O)(=O)NCCN(C)C1CC1. The highest BCUT2D eigenvalue weighted by Gasteiger charge is 2.32. The fourth-order valence-electron chi connectivity index (χ4n) is 2.86. The van der Waals surface area contributed by atoms with Crippen LogP contribution in [0.3, 0.4) is 0 Å². The summed E-state index contributed by atoms with van der Waals surface area (Å²) in [6, 6.07) is 0.763. The third-order valence-corrected chi connectivity index (χ3v) is 5.91. The molecule has 7 heteroatoms. The number of hydrogen-bond acceptors (Lipinski definition) is 4. The zero-order valence-corrected chi connectivity index (χ0v) is 13.5. The van der Waals surface area contributed by atoms with Crippen molar-refractivity contribution in [1.82, 2.24) is 19.2 Å². The molecule has 1 saturated carbocycles. The van der Waals surface area contributed by atoms with Gasteiger partial charge in [-0.3, -0.25) is 0 Å². The van der Waals surface area contributed by atoms with E-state index in [2.05, 4.69) is 22.0 Å². The van der Waals surface area contributed by atoms with Crippen LogP contribution >= 0.6 is 0 Å². The largest absolute Gasteiger partial charge is 0.318 e. The summed E-state index contributed by atoms with van der Waals surface area (Å²) in [6.07, 6.45) is 5.52. The van der Waals surface area contributed by atoms with E-state index >= 15 is 0 Å². The van der Waals surface area contributed by atoms with E-state index in [4.69, 9.17) is 0 Å². The second kappa shape index (κ2) is 7.17. The Bertz CT molecular complexity index is 395. The van der Waals surface area contributed by atoms with Gasteiger partial charge in [0, 0.05) is 38.3 Å². The van der Waals surface area contributed by atoms with E-state index < -0.39 is 10.2 Å². The van der Waals surface area contributed by atoms with Gasteiger partial charge in [0.05, 0.1) is 0 Å². The minimum absolute atomic E-state index is 0.0902. The molecule has 0 spiro atoms. The molecule has 0 aromatic rings. The van der Waals surface area contributed by atoms with Gasteiger partial charge in [-0.05, 0) is 39.8 Å². The van der Waals surface area contributed by atoms with Crippen LogP contribution in [0.5, 0.6) is 0 Å². The van der Waals surface area contributed by atoms with Crippen molar-refractivity contribution in [3.8, 4) is 0 Å². The van der Waals surface area contributed by atoms with E-state index in [1.807, 2.05) is 7.05 Å². The van der Waals surface area contributed by atoms with E-state index in [9.17, 15) is 8.42 Å². The standard InChI is InChI=1S/C13H28N4O2S/c1-14-11-13-5-3-4-9-17(13)20(18,19)15-8-10-16(2)12-6-7-12/h12-15H,3-11H2,1-2H3. The van der Waals surface area contributed by atoms with E-state index in [1.165, 1.54) is 12.8 Å². The summed E-state index contributed by atoms with van der Waals surface area (Å²) in [5, 5.41) is 3.09. The number of piperidine rings is 1. The predicted molar refractivity (Wildman–Crippen MR) is 80.8 cm³/mol. The minimum atomic E-state index is -3.34. The van der Waals surface area contributed by atoms with Gasteiger partial charge in [0.1, 0.15) is 0 Å². The zero-order valence-electron chi connectivity index (χ0n) is 12.6. The molecule has 118 valence electrons. The van der Waals surface area contributed by atoms with Crippen LogP contribution < -0.4 is 10.0 Å². The lowest BCUT2D eigenvalue weighted by Gasteiger charge is -2.34. The van der Waals surface area contributed by atoms with Crippen molar-refractivity contribution in [2.45, 2.75) is 44.2 Å². The monoisotopic (exact) mass is 304 g/mol. The fraction of sp³-hybridized carbons (Fsp3) is 1.00. The summed E-state index contributed by atoms with van der Waals surface area (Å²) in [5.41, 5.74) is 0. The molecule has 2 N–H and O–H groups in total. The van der Waals surface area contributed by atoms with Crippen LogP contribution in [0.4, 0.5) is 0 Å². The quantitative estimate of drug-likeness (QED) is 0.662. The Morgan fingerprint density at radius 3 is 2.65 bits per heavy atom. The van der Waals surface area contributed by atoms with Crippen LogP contribution in [-0.4, -0.2) is 70.0 Å². The normalized spacial score (nSPS) is 25.2. The molecule has 1 unspecified atom stereocenters. The Labute approximate surface area is 123 Å². The Hall–Kier alpha value is -0.210. The molecule has 2 fully saturated rings. The molecule has 1 aliphatic heterocycles. The van der Waals surface area contributed by atoms with Crippen LogP contribution in [-0.2, 0) is 10.2 Å². The highest BCUT2D eigenvalue weighted by atomic mass is 32.2. The third kappa shape index (κ3) is 4.39. The number of likely N-dealkylation sites (N-methyl/N-ethyl adjacent to an activating group) is 2. The van der Waals surface area contributed by atoms with Gasteiger partial charge in [0.25, 0.3) is 10.2 Å². The summed E-state index contributed by atoms with van der Waals surface area (Å²) in [6.45, 7) is 2.65. The van der Waals surface area contributed by atoms with Crippen LogP contribution in [0.1, 0.15) is 32.1 Å². The summed E-state index contributed by atoms with van der Waals surface area (Å²) in [7, 11) is 0.600. The molecule has 0 aromatic carbocycles. The smallest absolute Gasteiger partial charge is 0.279 e. The number of nitrogens with zero attached hydrogens (tertiary/aromatic N) is 2. The second-order valence-electron chi connectivity index (χ2n) is 5.93. The van der Waals surface area contributed by atoms with Gasteiger partial charge in [-0.1, -0.05) is 6.42 Å². The Morgan fingerprint density at radius 1 is 1.25 bits per heavy atom. The molecule has 20 heavy (non-hydrogen) atoms. The molecule has 6 nitrogen and oxygen atoms in total. The fourth-order valence-corrected chi connectivity index (χ4v) is 4.32. The molecular formula is C13H28N4O2S. The van der Waals surface area contributed by atoms with Gasteiger partial charge in [-0.25, -0.2) is 4.72 Å². The molecule has 1 heterocycles. The number of nitrogens with one attached hydrogen (secondary N) is 2. The van der Waals surface area contributed by atoms with Gasteiger partial charge in [0.2, 0.25) is 0 Å². The first kappa shape index (κ1) is 16.2. The second-order valence-corrected chi connectivity index (χ2v) is 7.64. The van der Waals surface area contributed by atoms with Crippen LogP contribution in [0.25, 0.3) is 0 Å². The summed E-state index contributed by atoms with van der Waals surface area (Å²) >= 11 is 0. The van der Waals surface area contributed by atoms with Crippen LogP contribution in [0.2, 0.25) is 0 Å². The topological polar surface area (TPSA) is 64.7 Å².